The minimum Gasteiger partial charge on any atom is -0.360 e. The van der Waals surface area contributed by atoms with Gasteiger partial charge in [-0.2, -0.15) is 0 Å². The molecular formula is C24H27N3O4. The second-order valence-corrected chi connectivity index (χ2v) is 9.20. The van der Waals surface area contributed by atoms with Crippen molar-refractivity contribution in [3.63, 3.8) is 0 Å². The van der Waals surface area contributed by atoms with Crippen LogP contribution in [0.4, 0.5) is 5.69 Å². The zero-order valence-corrected chi connectivity index (χ0v) is 18.2. The van der Waals surface area contributed by atoms with Crippen LogP contribution in [0.1, 0.15) is 36.8 Å². The van der Waals surface area contributed by atoms with Crippen molar-refractivity contribution in [2.45, 2.75) is 44.9 Å². The Labute approximate surface area is 181 Å². The lowest BCUT2D eigenvalue weighted by atomic mass is 9.76. The molecular weight excluding hydrogens is 394 g/mol. The van der Waals surface area contributed by atoms with Crippen LogP contribution in [0.5, 0.6) is 0 Å². The number of ether oxygens (including phenoxy) is 1. The molecule has 0 N–H and O–H groups in total. The number of carbonyl (C=O) groups excluding carboxylic acids is 2. The van der Waals surface area contributed by atoms with Crippen molar-refractivity contribution in [3.05, 3.63) is 59.5 Å². The molecule has 2 bridgehead atoms. The van der Waals surface area contributed by atoms with Crippen molar-refractivity contribution in [2.75, 3.05) is 18.5 Å². The van der Waals surface area contributed by atoms with Crippen LogP contribution >= 0.6 is 0 Å². The van der Waals surface area contributed by atoms with Crippen LogP contribution in [0.3, 0.4) is 0 Å². The maximum absolute atomic E-state index is 13.5. The van der Waals surface area contributed by atoms with Gasteiger partial charge >= 0.3 is 0 Å². The number of hydrogen-bond donors (Lipinski definition) is 0. The van der Waals surface area contributed by atoms with Crippen LogP contribution in [-0.4, -0.2) is 47.2 Å². The van der Waals surface area contributed by atoms with Crippen LogP contribution in [0.15, 0.2) is 47.0 Å². The lowest BCUT2D eigenvalue weighted by molar-refractivity contribution is -0.139. The van der Waals surface area contributed by atoms with Gasteiger partial charge in [0.2, 0.25) is 11.8 Å². The molecule has 7 nitrogen and oxygen atoms in total. The summed E-state index contributed by atoms with van der Waals surface area (Å²) in [4.78, 5) is 30.2. The maximum Gasteiger partial charge on any atom is 0.234 e. The average Bonchev–Trinajstić information content (AvgIpc) is 3.49. The fraction of sp³-hybridized carbons (Fsp3) is 0.458. The van der Waals surface area contributed by atoms with Crippen LogP contribution in [0.2, 0.25) is 0 Å². The topological polar surface area (TPSA) is 75.9 Å². The summed E-state index contributed by atoms with van der Waals surface area (Å²) in [5, 5.41) is 3.88. The summed E-state index contributed by atoms with van der Waals surface area (Å²) < 4.78 is 11.5. The van der Waals surface area contributed by atoms with Crippen LogP contribution in [0.25, 0.3) is 0 Å². The summed E-state index contributed by atoms with van der Waals surface area (Å²) in [7, 11) is 1.73. The number of hydrogen-bond acceptors (Lipinski definition) is 5. The highest BCUT2D eigenvalue weighted by Gasteiger charge is 2.67. The Balaban J connectivity index is 1.39. The average molecular weight is 421 g/mol. The van der Waals surface area contributed by atoms with Gasteiger partial charge in [-0.05, 0) is 30.5 Å². The van der Waals surface area contributed by atoms with E-state index >= 15 is 0 Å². The highest BCUT2D eigenvalue weighted by atomic mass is 16.5. The van der Waals surface area contributed by atoms with Gasteiger partial charge in [0.25, 0.3) is 0 Å². The molecule has 1 aromatic carbocycles. The van der Waals surface area contributed by atoms with Gasteiger partial charge in [-0.3, -0.25) is 9.59 Å². The third-order valence-electron chi connectivity index (χ3n) is 6.70. The molecule has 0 unspecified atom stereocenters. The first kappa shape index (κ1) is 20.0. The molecule has 2 amide bonds. The Hall–Kier alpha value is -2.93. The van der Waals surface area contributed by atoms with Crippen LogP contribution in [0, 0.1) is 18.8 Å². The molecule has 1 aromatic heterocycles. The number of carbonyl (C=O) groups is 2. The summed E-state index contributed by atoms with van der Waals surface area (Å²) in [6, 6.07) is 9.89. The van der Waals surface area contributed by atoms with E-state index in [-0.39, 0.29) is 17.9 Å². The van der Waals surface area contributed by atoms with Gasteiger partial charge in [-0.15, -0.1) is 0 Å². The van der Waals surface area contributed by atoms with E-state index in [2.05, 4.69) is 31.1 Å². The van der Waals surface area contributed by atoms with Gasteiger partial charge < -0.3 is 19.1 Å². The number of benzene rings is 1. The SMILES string of the molecule is Cc1cc(CN(C)C(=O)[C@@H]2[C@@H]3C=C[C@@]4(CN(c5ccc(C(C)C)cc5)C(=O)[C@H]24)O3)on1. The molecule has 4 heterocycles. The number of rotatable bonds is 5. The van der Waals surface area contributed by atoms with Crippen molar-refractivity contribution < 1.29 is 18.8 Å². The Morgan fingerprint density at radius 1 is 1.32 bits per heavy atom. The van der Waals surface area contributed by atoms with Crippen molar-refractivity contribution in [2.24, 2.45) is 11.8 Å². The predicted octanol–water partition coefficient (Wildman–Crippen LogP) is 3.05. The summed E-state index contributed by atoms with van der Waals surface area (Å²) >= 11 is 0. The molecule has 1 spiro atoms. The number of nitrogens with zero attached hydrogens (tertiary/aromatic N) is 3. The van der Waals surface area contributed by atoms with E-state index in [9.17, 15) is 9.59 Å². The monoisotopic (exact) mass is 421 g/mol. The molecule has 2 fully saturated rings. The van der Waals surface area contributed by atoms with Crippen molar-refractivity contribution in [1.29, 1.82) is 0 Å². The molecule has 7 heteroatoms. The van der Waals surface area contributed by atoms with Gasteiger partial charge in [-0.1, -0.05) is 43.3 Å². The highest BCUT2D eigenvalue weighted by molar-refractivity contribution is 6.03. The molecule has 5 rings (SSSR count). The smallest absolute Gasteiger partial charge is 0.234 e. The molecule has 0 radical (unpaired) electrons. The second-order valence-electron chi connectivity index (χ2n) is 9.20. The molecule has 3 aliphatic rings. The minimum atomic E-state index is -0.734. The van der Waals surface area contributed by atoms with E-state index in [1.165, 1.54) is 5.56 Å². The molecule has 3 aliphatic heterocycles. The van der Waals surface area contributed by atoms with E-state index < -0.39 is 17.4 Å². The molecule has 2 aromatic rings. The number of fused-ring (bicyclic) bond motifs is 1. The first-order valence-corrected chi connectivity index (χ1v) is 10.7. The molecule has 0 saturated carbocycles. The third kappa shape index (κ3) is 3.10. The van der Waals surface area contributed by atoms with Crippen molar-refractivity contribution in [3.8, 4) is 0 Å². The van der Waals surface area contributed by atoms with E-state index in [1.807, 2.05) is 37.3 Å². The van der Waals surface area contributed by atoms with E-state index in [1.54, 1.807) is 16.8 Å². The number of aryl methyl sites for hydroxylation is 1. The Morgan fingerprint density at radius 2 is 2.06 bits per heavy atom. The van der Waals surface area contributed by atoms with Crippen LogP contribution in [-0.2, 0) is 20.9 Å². The molecule has 4 atom stereocenters. The van der Waals surface area contributed by atoms with Gasteiger partial charge in [0.05, 0.1) is 36.7 Å². The van der Waals surface area contributed by atoms with Crippen molar-refractivity contribution >= 4 is 17.5 Å². The normalized spacial score (nSPS) is 28.6. The standard InChI is InChI=1S/C24H27N3O4/c1-14(2)16-5-7-17(8-6-16)27-13-24-10-9-19(30-24)20(21(24)23(27)29)22(28)26(4)12-18-11-15(3)25-31-18/h5-11,14,19-21H,12-13H2,1-4H3/t19-,20+,21-,24-/m0/s1. The lowest BCUT2D eigenvalue weighted by Gasteiger charge is -2.27. The largest absolute Gasteiger partial charge is 0.360 e. The van der Waals surface area contributed by atoms with Crippen molar-refractivity contribution in [1.82, 2.24) is 10.1 Å². The summed E-state index contributed by atoms with van der Waals surface area (Å²) in [5.74, 6) is -0.168. The molecule has 162 valence electrons. The second kappa shape index (κ2) is 7.05. The van der Waals surface area contributed by atoms with Gasteiger partial charge in [0, 0.05) is 18.8 Å². The van der Waals surface area contributed by atoms with E-state index in [0.29, 0.717) is 24.8 Å². The molecule has 31 heavy (non-hydrogen) atoms. The Bertz CT molecular complexity index is 1060. The maximum atomic E-state index is 13.5. The molecule has 0 aliphatic carbocycles. The third-order valence-corrected chi connectivity index (χ3v) is 6.70. The van der Waals surface area contributed by atoms with Gasteiger partial charge in [-0.25, -0.2) is 0 Å². The number of amides is 2. The number of anilines is 1. The fourth-order valence-electron chi connectivity index (χ4n) is 5.09. The van der Waals surface area contributed by atoms with Gasteiger partial charge in [0.1, 0.15) is 5.60 Å². The number of aromatic nitrogens is 1. The van der Waals surface area contributed by atoms with Gasteiger partial charge in [0.15, 0.2) is 5.76 Å². The lowest BCUT2D eigenvalue weighted by Crippen LogP contribution is -2.44. The molecule has 2 saturated heterocycles. The summed E-state index contributed by atoms with van der Waals surface area (Å²) in [5.41, 5.74) is 2.10. The first-order chi connectivity index (χ1) is 14.8. The Morgan fingerprint density at radius 3 is 2.71 bits per heavy atom. The van der Waals surface area contributed by atoms with Crippen LogP contribution < -0.4 is 4.90 Å². The zero-order chi connectivity index (χ0) is 21.9. The minimum absolute atomic E-state index is 0.0496. The Kier molecular flexibility index (Phi) is 4.55. The van der Waals surface area contributed by atoms with E-state index in [4.69, 9.17) is 9.26 Å². The zero-order valence-electron chi connectivity index (χ0n) is 18.2. The van der Waals surface area contributed by atoms with E-state index in [0.717, 1.165) is 11.4 Å². The first-order valence-electron chi connectivity index (χ1n) is 10.7. The fourth-order valence-corrected chi connectivity index (χ4v) is 5.09. The highest BCUT2D eigenvalue weighted by Crippen LogP contribution is 2.53. The summed E-state index contributed by atoms with van der Waals surface area (Å²) in [6.45, 7) is 6.86. The quantitative estimate of drug-likeness (QED) is 0.694. The summed E-state index contributed by atoms with van der Waals surface area (Å²) in [6.07, 6.45) is 3.54. The predicted molar refractivity (Wildman–Crippen MR) is 114 cm³/mol.